The van der Waals surface area contributed by atoms with Gasteiger partial charge in [-0.25, -0.2) is 0 Å². The van der Waals surface area contributed by atoms with Crippen molar-refractivity contribution in [3.63, 3.8) is 0 Å². The molecule has 3 rings (SSSR count). The molecule has 2 aromatic carbocycles. The fourth-order valence-electron chi connectivity index (χ4n) is 2.39. The summed E-state index contributed by atoms with van der Waals surface area (Å²) >= 11 is 0. The largest absolute Gasteiger partial charge is 0.508 e. The molecule has 1 N–H and O–H groups in total. The molecule has 1 aliphatic rings. The van der Waals surface area contributed by atoms with Crippen molar-refractivity contribution in [2.45, 2.75) is 12.8 Å². The number of hydrogen-bond acceptors (Lipinski definition) is 3. The molecule has 1 saturated heterocycles. The molecule has 2 atom stereocenters. The number of benzene rings is 2. The first kappa shape index (κ1) is 6.65. The Morgan fingerprint density at radius 1 is 1.10 bits per heavy atom. The lowest BCUT2D eigenvalue weighted by molar-refractivity contribution is -0.141. The van der Waals surface area contributed by atoms with Gasteiger partial charge in [0.25, 0.3) is 0 Å². The molecule has 21 heavy (non-hydrogen) atoms. The van der Waals surface area contributed by atoms with Gasteiger partial charge in [-0.2, -0.15) is 0 Å². The fraction of sp³-hybridized carbons (Fsp3) is 0.278. The minimum Gasteiger partial charge on any atom is -0.508 e. The number of carbonyl (C=O) groups excluding carboxylic acids is 1. The second kappa shape index (κ2) is 6.00. The van der Waals surface area contributed by atoms with Crippen molar-refractivity contribution in [1.29, 1.82) is 0 Å². The minimum absolute atomic E-state index is 0.0112. The zero-order valence-electron chi connectivity index (χ0n) is 20.0. The number of rotatable bonds is 4. The fourth-order valence-corrected chi connectivity index (χ4v) is 2.39. The standard InChI is InChI=1S/C18H18O3/c19-16-8-4-7-14(10-16)9-15-12-21-18(20)17(15)11-13-5-2-1-3-6-13/h1-8,10,15,17,19H,9,11-12H2/t15-,17+/m0/s1/i1D,2D,3D,4D,5D,6D,7D,8D,10D. The summed E-state index contributed by atoms with van der Waals surface area (Å²) in [5.74, 6) is -2.84. The lowest BCUT2D eigenvalue weighted by Gasteiger charge is -2.15. The number of phenolic OH excluding ortho intramolecular Hbond substituents is 1. The van der Waals surface area contributed by atoms with Gasteiger partial charge in [0, 0.05) is 5.92 Å². The number of ether oxygens (including phenoxy) is 1. The van der Waals surface area contributed by atoms with Gasteiger partial charge < -0.3 is 9.84 Å². The van der Waals surface area contributed by atoms with E-state index in [2.05, 4.69) is 0 Å². The zero-order chi connectivity index (χ0) is 22.5. The molecule has 108 valence electrons. The molecule has 0 radical (unpaired) electrons. The molecule has 0 aliphatic carbocycles. The Hall–Kier alpha value is -2.29. The lowest BCUT2D eigenvalue weighted by atomic mass is 9.85. The molecular weight excluding hydrogens is 264 g/mol. The molecule has 1 aliphatic heterocycles. The molecule has 1 heterocycles. The maximum Gasteiger partial charge on any atom is 0.309 e. The summed E-state index contributed by atoms with van der Waals surface area (Å²) in [7, 11) is 0. The molecule has 0 spiro atoms. The van der Waals surface area contributed by atoms with Crippen LogP contribution in [-0.4, -0.2) is 17.7 Å². The van der Waals surface area contributed by atoms with Crippen molar-refractivity contribution >= 4 is 5.97 Å². The van der Waals surface area contributed by atoms with Gasteiger partial charge in [-0.15, -0.1) is 0 Å². The van der Waals surface area contributed by atoms with E-state index in [1.807, 2.05) is 0 Å². The van der Waals surface area contributed by atoms with Gasteiger partial charge >= 0.3 is 5.97 Å². The molecule has 0 aromatic heterocycles. The summed E-state index contributed by atoms with van der Waals surface area (Å²) < 4.78 is 75.7. The Bertz CT molecular complexity index is 996. The van der Waals surface area contributed by atoms with Crippen molar-refractivity contribution in [1.82, 2.24) is 0 Å². The van der Waals surface area contributed by atoms with Gasteiger partial charge in [0.2, 0.25) is 0 Å². The van der Waals surface area contributed by atoms with Crippen molar-refractivity contribution in [2.75, 3.05) is 6.61 Å². The first-order valence-corrected chi connectivity index (χ1v) is 6.47. The molecule has 0 bridgehead atoms. The van der Waals surface area contributed by atoms with E-state index in [0.717, 1.165) is 0 Å². The van der Waals surface area contributed by atoms with E-state index in [1.165, 1.54) is 0 Å². The average Bonchev–Trinajstić information content (AvgIpc) is 3.07. The van der Waals surface area contributed by atoms with Crippen LogP contribution < -0.4 is 0 Å². The predicted octanol–water partition coefficient (Wildman–Crippen LogP) is 2.97. The van der Waals surface area contributed by atoms with E-state index in [4.69, 9.17) is 17.1 Å². The van der Waals surface area contributed by atoms with E-state index in [0.29, 0.717) is 0 Å². The summed E-state index contributed by atoms with van der Waals surface area (Å²) in [5, 5.41) is 9.89. The Balaban J connectivity index is 1.98. The van der Waals surface area contributed by atoms with Gasteiger partial charge in [-0.3, -0.25) is 4.79 Å². The predicted molar refractivity (Wildman–Crippen MR) is 79.9 cm³/mol. The Labute approximate surface area is 136 Å². The van der Waals surface area contributed by atoms with Crippen LogP contribution in [-0.2, 0) is 22.4 Å². The van der Waals surface area contributed by atoms with Crippen LogP contribution in [0.3, 0.4) is 0 Å². The summed E-state index contributed by atoms with van der Waals surface area (Å²) in [5.41, 5.74) is -0.0413. The summed E-state index contributed by atoms with van der Waals surface area (Å²) in [6.45, 7) is -0.0717. The molecule has 0 unspecified atom stereocenters. The maximum absolute atomic E-state index is 12.3. The first-order valence-electron chi connectivity index (χ1n) is 11.0. The van der Waals surface area contributed by atoms with Gasteiger partial charge in [0.05, 0.1) is 24.9 Å². The number of carbonyl (C=O) groups is 1. The number of phenols is 1. The Morgan fingerprint density at radius 2 is 1.86 bits per heavy atom. The number of hydrogen-bond donors (Lipinski definition) is 1. The molecule has 3 nitrogen and oxygen atoms in total. The monoisotopic (exact) mass is 291 g/mol. The Kier molecular flexibility index (Phi) is 1.90. The third-order valence-electron chi connectivity index (χ3n) is 3.42. The number of esters is 1. The summed E-state index contributed by atoms with van der Waals surface area (Å²) in [6.07, 6.45) is -0.261. The summed E-state index contributed by atoms with van der Waals surface area (Å²) in [6, 6.07) is -4.40. The van der Waals surface area contributed by atoms with E-state index in [9.17, 15) is 9.90 Å². The molecule has 0 saturated carbocycles. The van der Waals surface area contributed by atoms with Gasteiger partial charge in [-0.05, 0) is 36.1 Å². The van der Waals surface area contributed by atoms with Crippen molar-refractivity contribution in [3.05, 3.63) is 65.5 Å². The lowest BCUT2D eigenvalue weighted by Crippen LogP contribution is -2.20. The molecular formula is C18H18O3. The third-order valence-corrected chi connectivity index (χ3v) is 3.42. The maximum atomic E-state index is 12.3. The second-order valence-electron chi connectivity index (χ2n) is 4.84. The Morgan fingerprint density at radius 3 is 2.67 bits per heavy atom. The SMILES string of the molecule is [2H]c1c([2H])c([2H])c(C[C@H]2C(=O)OC[C@@H]2Cc2c([2H])c([2H])c([2H])c(O)c2[2H])c([2H])c1[2H]. The van der Waals surface area contributed by atoms with Crippen LogP contribution in [0.25, 0.3) is 0 Å². The van der Waals surface area contributed by atoms with Crippen molar-refractivity contribution in [3.8, 4) is 5.75 Å². The zero-order valence-corrected chi connectivity index (χ0v) is 11.0. The second-order valence-corrected chi connectivity index (χ2v) is 4.84. The van der Waals surface area contributed by atoms with Crippen molar-refractivity contribution < 1.29 is 27.0 Å². The van der Waals surface area contributed by atoms with E-state index < -0.39 is 77.9 Å². The van der Waals surface area contributed by atoms with E-state index >= 15 is 0 Å². The van der Waals surface area contributed by atoms with Crippen molar-refractivity contribution in [2.24, 2.45) is 11.8 Å². The van der Waals surface area contributed by atoms with E-state index in [1.54, 1.807) is 0 Å². The molecule has 3 heteroatoms. The quantitative estimate of drug-likeness (QED) is 0.881. The molecule has 2 aromatic rings. The van der Waals surface area contributed by atoms with Gasteiger partial charge in [0.15, 0.2) is 0 Å². The van der Waals surface area contributed by atoms with Crippen LogP contribution in [0.15, 0.2) is 54.4 Å². The highest BCUT2D eigenvalue weighted by molar-refractivity contribution is 5.75. The normalized spacial score (nSPS) is 27.2. The average molecular weight is 291 g/mol. The number of aromatic hydroxyl groups is 1. The minimum atomic E-state index is -0.889. The highest BCUT2D eigenvalue weighted by Gasteiger charge is 2.36. The van der Waals surface area contributed by atoms with Crippen LogP contribution in [0.4, 0.5) is 0 Å². The van der Waals surface area contributed by atoms with Gasteiger partial charge in [0.1, 0.15) is 5.75 Å². The van der Waals surface area contributed by atoms with Gasteiger partial charge in [-0.1, -0.05) is 42.3 Å². The van der Waals surface area contributed by atoms with Crippen LogP contribution in [0.1, 0.15) is 23.5 Å². The van der Waals surface area contributed by atoms with Crippen LogP contribution >= 0.6 is 0 Å². The number of cyclic esters (lactones) is 1. The van der Waals surface area contributed by atoms with Crippen LogP contribution in [0, 0.1) is 11.8 Å². The smallest absolute Gasteiger partial charge is 0.309 e. The highest BCUT2D eigenvalue weighted by atomic mass is 16.5. The van der Waals surface area contributed by atoms with Crippen LogP contribution in [0.5, 0.6) is 5.75 Å². The topological polar surface area (TPSA) is 46.5 Å². The molecule has 1 fully saturated rings. The highest BCUT2D eigenvalue weighted by Crippen LogP contribution is 2.29. The summed E-state index contributed by atoms with van der Waals surface area (Å²) in [4.78, 5) is 12.3. The van der Waals surface area contributed by atoms with E-state index in [-0.39, 0.29) is 30.6 Å². The van der Waals surface area contributed by atoms with Crippen LogP contribution in [0.2, 0.25) is 0 Å². The third kappa shape index (κ3) is 3.24. The molecule has 0 amide bonds. The first-order chi connectivity index (χ1) is 14.0.